The average Bonchev–Trinajstić information content (AvgIpc) is 2.79. The van der Waals surface area contributed by atoms with Crippen molar-refractivity contribution in [3.05, 3.63) is 46.5 Å². The van der Waals surface area contributed by atoms with E-state index in [1.165, 1.54) is 0 Å². The van der Waals surface area contributed by atoms with Crippen LogP contribution in [0.2, 0.25) is 0 Å². The molecule has 0 saturated heterocycles. The summed E-state index contributed by atoms with van der Waals surface area (Å²) in [6.07, 6.45) is 4.68. The number of halogens is 1. The largest absolute Gasteiger partial charge is 0.384 e. The molecule has 0 fully saturated rings. The molecule has 0 spiro atoms. The van der Waals surface area contributed by atoms with E-state index in [0.29, 0.717) is 6.61 Å². The molecule has 0 amide bonds. The van der Waals surface area contributed by atoms with E-state index in [0.717, 1.165) is 34.5 Å². The van der Waals surface area contributed by atoms with E-state index in [-0.39, 0.29) is 0 Å². The fourth-order valence-electron chi connectivity index (χ4n) is 1.96. The summed E-state index contributed by atoms with van der Waals surface area (Å²) in [6.45, 7) is 1.43. The van der Waals surface area contributed by atoms with Gasteiger partial charge in [-0.1, -0.05) is 22.0 Å². The minimum atomic E-state index is 0.589. The minimum Gasteiger partial charge on any atom is -0.384 e. The first kappa shape index (κ1) is 14.1. The Kier molecular flexibility index (Phi) is 4.99. The zero-order valence-corrected chi connectivity index (χ0v) is 12.8. The average molecular weight is 324 g/mol. The van der Waals surface area contributed by atoms with Gasteiger partial charge in [-0.25, -0.2) is 4.98 Å². The van der Waals surface area contributed by atoms with E-state index < -0.39 is 0 Å². The summed E-state index contributed by atoms with van der Waals surface area (Å²) in [5, 5.41) is 3.44. The number of aryl methyl sites for hydroxylation is 1. The highest BCUT2D eigenvalue weighted by atomic mass is 79.9. The molecule has 0 atom stereocenters. The van der Waals surface area contributed by atoms with Crippen LogP contribution in [0.3, 0.4) is 0 Å². The summed E-state index contributed by atoms with van der Waals surface area (Å²) in [5.41, 5.74) is 2.25. The zero-order chi connectivity index (χ0) is 13.7. The molecule has 0 saturated carbocycles. The van der Waals surface area contributed by atoms with Crippen LogP contribution in [0, 0.1) is 0 Å². The van der Waals surface area contributed by atoms with Gasteiger partial charge in [-0.2, -0.15) is 0 Å². The topological polar surface area (TPSA) is 39.1 Å². The second kappa shape index (κ2) is 6.73. The fraction of sp³-hybridized carbons (Fsp3) is 0.357. The Hall–Kier alpha value is -1.33. The van der Waals surface area contributed by atoms with Crippen molar-refractivity contribution < 1.29 is 4.74 Å². The molecule has 1 heterocycles. The van der Waals surface area contributed by atoms with Gasteiger partial charge >= 0.3 is 0 Å². The molecule has 2 rings (SSSR count). The molecule has 5 heteroatoms. The monoisotopic (exact) mass is 323 g/mol. The Morgan fingerprint density at radius 3 is 2.95 bits per heavy atom. The van der Waals surface area contributed by atoms with E-state index >= 15 is 0 Å². The molecule has 1 N–H and O–H groups in total. The van der Waals surface area contributed by atoms with Crippen molar-refractivity contribution in [2.45, 2.75) is 13.0 Å². The van der Waals surface area contributed by atoms with E-state index in [2.05, 4.69) is 32.3 Å². The van der Waals surface area contributed by atoms with E-state index in [4.69, 9.17) is 4.74 Å². The predicted octanol–water partition coefficient (Wildman–Crippen LogP) is 2.98. The van der Waals surface area contributed by atoms with Crippen molar-refractivity contribution in [1.82, 2.24) is 9.55 Å². The number of methoxy groups -OCH3 is 1. The Morgan fingerprint density at radius 1 is 1.42 bits per heavy atom. The Balaban J connectivity index is 1.99. The van der Waals surface area contributed by atoms with Crippen LogP contribution in [-0.4, -0.2) is 23.2 Å². The third-order valence-corrected chi connectivity index (χ3v) is 3.74. The molecule has 0 radical (unpaired) electrons. The molecular weight excluding hydrogens is 306 g/mol. The SMILES string of the molecule is COCc1c(Br)cccc1NCCc1nccn1C. The quantitative estimate of drug-likeness (QED) is 0.888. The van der Waals surface area contributed by atoms with E-state index in [1.54, 1.807) is 7.11 Å². The number of hydrogen-bond acceptors (Lipinski definition) is 3. The van der Waals surface area contributed by atoms with Crippen LogP contribution in [0.15, 0.2) is 35.1 Å². The lowest BCUT2D eigenvalue weighted by molar-refractivity contribution is 0.185. The number of hydrogen-bond donors (Lipinski definition) is 1. The van der Waals surface area contributed by atoms with Crippen molar-refractivity contribution in [2.75, 3.05) is 19.0 Å². The van der Waals surface area contributed by atoms with Crippen LogP contribution >= 0.6 is 15.9 Å². The number of anilines is 1. The molecule has 0 aliphatic rings. The Morgan fingerprint density at radius 2 is 2.26 bits per heavy atom. The van der Waals surface area contributed by atoms with Gasteiger partial charge in [0.15, 0.2) is 0 Å². The standard InChI is InChI=1S/C14H18BrN3O/c1-18-9-8-17-14(18)6-7-16-13-5-3-4-12(15)11(13)10-19-2/h3-5,8-9,16H,6-7,10H2,1-2H3. The van der Waals surface area contributed by atoms with Gasteiger partial charge in [0.2, 0.25) is 0 Å². The van der Waals surface area contributed by atoms with Crippen LogP contribution in [0.5, 0.6) is 0 Å². The summed E-state index contributed by atoms with van der Waals surface area (Å²) in [4.78, 5) is 4.31. The van der Waals surface area contributed by atoms with Gasteiger partial charge in [-0.05, 0) is 12.1 Å². The summed E-state index contributed by atoms with van der Waals surface area (Å²) in [5.74, 6) is 1.08. The summed E-state index contributed by atoms with van der Waals surface area (Å²) >= 11 is 3.55. The van der Waals surface area contributed by atoms with Crippen LogP contribution in [0.25, 0.3) is 0 Å². The molecule has 1 aromatic carbocycles. The third kappa shape index (κ3) is 3.58. The number of aromatic nitrogens is 2. The van der Waals surface area contributed by atoms with Gasteiger partial charge in [0.25, 0.3) is 0 Å². The molecule has 4 nitrogen and oxygen atoms in total. The highest BCUT2D eigenvalue weighted by Gasteiger charge is 2.06. The number of imidazole rings is 1. The lowest BCUT2D eigenvalue weighted by atomic mass is 10.2. The zero-order valence-electron chi connectivity index (χ0n) is 11.2. The lowest BCUT2D eigenvalue weighted by Gasteiger charge is -2.13. The maximum absolute atomic E-state index is 5.23. The van der Waals surface area contributed by atoms with Gasteiger partial charge < -0.3 is 14.6 Å². The Labute approximate surface area is 121 Å². The van der Waals surface area contributed by atoms with Gasteiger partial charge in [0.1, 0.15) is 5.82 Å². The Bertz CT molecular complexity index is 539. The van der Waals surface area contributed by atoms with Gasteiger partial charge in [0.05, 0.1) is 6.61 Å². The summed E-state index contributed by atoms with van der Waals surface area (Å²) < 4.78 is 8.34. The maximum Gasteiger partial charge on any atom is 0.110 e. The minimum absolute atomic E-state index is 0.589. The smallest absolute Gasteiger partial charge is 0.110 e. The number of ether oxygens (including phenoxy) is 1. The molecule has 102 valence electrons. The second-order valence-electron chi connectivity index (χ2n) is 4.33. The normalized spacial score (nSPS) is 10.7. The molecule has 0 aliphatic heterocycles. The van der Waals surface area contributed by atoms with E-state index in [9.17, 15) is 0 Å². The third-order valence-electron chi connectivity index (χ3n) is 2.99. The van der Waals surface area contributed by atoms with Crippen molar-refractivity contribution in [3.63, 3.8) is 0 Å². The van der Waals surface area contributed by atoms with Crippen molar-refractivity contribution >= 4 is 21.6 Å². The number of rotatable bonds is 6. The van der Waals surface area contributed by atoms with Crippen molar-refractivity contribution in [3.8, 4) is 0 Å². The predicted molar refractivity (Wildman–Crippen MR) is 80.3 cm³/mol. The lowest BCUT2D eigenvalue weighted by Crippen LogP contribution is -2.10. The number of nitrogens with zero attached hydrogens (tertiary/aromatic N) is 2. The van der Waals surface area contributed by atoms with Gasteiger partial charge in [-0.15, -0.1) is 0 Å². The number of nitrogens with one attached hydrogen (secondary N) is 1. The summed E-state index contributed by atoms with van der Waals surface area (Å²) in [7, 11) is 3.72. The van der Waals surface area contributed by atoms with Crippen molar-refractivity contribution in [2.24, 2.45) is 7.05 Å². The molecule has 0 aliphatic carbocycles. The van der Waals surface area contributed by atoms with E-state index in [1.807, 2.05) is 36.1 Å². The maximum atomic E-state index is 5.23. The first-order valence-corrected chi connectivity index (χ1v) is 6.98. The van der Waals surface area contributed by atoms with Crippen LogP contribution in [0.4, 0.5) is 5.69 Å². The molecule has 2 aromatic rings. The molecule has 0 unspecified atom stereocenters. The second-order valence-corrected chi connectivity index (χ2v) is 5.18. The first-order valence-electron chi connectivity index (χ1n) is 6.18. The molecular formula is C14H18BrN3O. The highest BCUT2D eigenvalue weighted by molar-refractivity contribution is 9.10. The number of benzene rings is 1. The molecule has 19 heavy (non-hydrogen) atoms. The highest BCUT2D eigenvalue weighted by Crippen LogP contribution is 2.25. The molecule has 0 bridgehead atoms. The van der Waals surface area contributed by atoms with Crippen LogP contribution < -0.4 is 5.32 Å². The molecule has 1 aromatic heterocycles. The fourth-order valence-corrected chi connectivity index (χ4v) is 2.44. The van der Waals surface area contributed by atoms with Crippen LogP contribution in [0.1, 0.15) is 11.4 Å². The van der Waals surface area contributed by atoms with Crippen LogP contribution in [-0.2, 0) is 24.8 Å². The summed E-state index contributed by atoms with van der Waals surface area (Å²) in [6, 6.07) is 6.11. The van der Waals surface area contributed by atoms with Crippen molar-refractivity contribution in [1.29, 1.82) is 0 Å². The first-order chi connectivity index (χ1) is 9.22. The van der Waals surface area contributed by atoms with Gasteiger partial charge in [0, 0.05) is 55.2 Å². The van der Waals surface area contributed by atoms with Gasteiger partial charge in [-0.3, -0.25) is 0 Å².